The molecule has 28 heavy (non-hydrogen) atoms. The molecular formula is C20H29NO6S. The molecular weight excluding hydrogens is 382 g/mol. The number of carbonyl (C=O) groups excluding carboxylic acids is 2. The van der Waals surface area contributed by atoms with E-state index in [0.717, 1.165) is 11.1 Å². The minimum Gasteiger partial charge on any atom is -0.482 e. The van der Waals surface area contributed by atoms with Crippen LogP contribution in [-0.2, 0) is 24.2 Å². The van der Waals surface area contributed by atoms with Gasteiger partial charge in [-0.3, -0.25) is 4.79 Å². The normalized spacial score (nSPS) is 19.1. The first-order valence-electron chi connectivity index (χ1n) is 9.50. The van der Waals surface area contributed by atoms with Crippen LogP contribution in [0, 0.1) is 13.8 Å². The van der Waals surface area contributed by atoms with Crippen LogP contribution in [-0.4, -0.2) is 62.0 Å². The first-order valence-corrected chi connectivity index (χ1v) is 11.3. The van der Waals surface area contributed by atoms with Crippen LogP contribution in [0.1, 0.15) is 37.8 Å². The summed E-state index contributed by atoms with van der Waals surface area (Å²) >= 11 is 0. The summed E-state index contributed by atoms with van der Waals surface area (Å²) in [6, 6.07) is 5.07. The molecule has 0 N–H and O–H groups in total. The van der Waals surface area contributed by atoms with Gasteiger partial charge >= 0.3 is 5.97 Å². The average molecular weight is 412 g/mol. The van der Waals surface area contributed by atoms with Crippen molar-refractivity contribution in [1.82, 2.24) is 4.90 Å². The second kappa shape index (κ2) is 9.41. The fourth-order valence-electron chi connectivity index (χ4n) is 3.28. The minimum atomic E-state index is -3.12. The van der Waals surface area contributed by atoms with Crippen LogP contribution in [0.15, 0.2) is 18.2 Å². The van der Waals surface area contributed by atoms with Gasteiger partial charge in [0.1, 0.15) is 5.75 Å². The number of ether oxygens (including phenoxy) is 2. The Labute approximate surface area is 166 Å². The Morgan fingerprint density at radius 2 is 1.96 bits per heavy atom. The number of hydrogen-bond donors (Lipinski definition) is 0. The van der Waals surface area contributed by atoms with Crippen LogP contribution in [0.4, 0.5) is 0 Å². The molecule has 1 amide bonds. The number of esters is 1. The molecule has 0 aromatic heterocycles. The Kier molecular flexibility index (Phi) is 7.46. The van der Waals surface area contributed by atoms with Crippen LogP contribution in [0.5, 0.6) is 5.75 Å². The highest BCUT2D eigenvalue weighted by Crippen LogP contribution is 2.22. The van der Waals surface area contributed by atoms with Gasteiger partial charge in [0, 0.05) is 12.1 Å². The number of hydrogen-bond acceptors (Lipinski definition) is 6. The third-order valence-electron chi connectivity index (χ3n) is 5.21. The molecule has 1 fully saturated rings. The fraction of sp³-hybridized carbons (Fsp3) is 0.600. The molecule has 1 heterocycles. The maximum Gasteiger partial charge on any atom is 0.344 e. The van der Waals surface area contributed by atoms with Gasteiger partial charge in [0.2, 0.25) is 0 Å². The molecule has 0 radical (unpaired) electrons. The Morgan fingerprint density at radius 1 is 1.25 bits per heavy atom. The summed E-state index contributed by atoms with van der Waals surface area (Å²) in [5.41, 5.74) is 1.99. The molecule has 156 valence electrons. The quantitative estimate of drug-likeness (QED) is 0.608. The van der Waals surface area contributed by atoms with Crippen molar-refractivity contribution in [2.45, 2.75) is 52.6 Å². The summed E-state index contributed by atoms with van der Waals surface area (Å²) in [7, 11) is -3.12. The highest BCUT2D eigenvalue weighted by molar-refractivity contribution is 7.91. The minimum absolute atomic E-state index is 0.0349. The van der Waals surface area contributed by atoms with Gasteiger partial charge in [-0.1, -0.05) is 19.1 Å². The van der Waals surface area contributed by atoms with E-state index >= 15 is 0 Å². The Balaban J connectivity index is 1.91. The maximum atomic E-state index is 12.6. The van der Waals surface area contributed by atoms with E-state index in [1.807, 2.05) is 39.8 Å². The topological polar surface area (TPSA) is 90.0 Å². The lowest BCUT2D eigenvalue weighted by Crippen LogP contribution is -2.48. The summed E-state index contributed by atoms with van der Waals surface area (Å²) in [4.78, 5) is 26.2. The second-order valence-corrected chi connectivity index (χ2v) is 9.49. The molecule has 1 saturated heterocycles. The second-order valence-electron chi connectivity index (χ2n) is 7.26. The molecule has 2 rings (SSSR count). The predicted molar refractivity (Wildman–Crippen MR) is 106 cm³/mol. The van der Waals surface area contributed by atoms with Crippen LogP contribution in [0.2, 0.25) is 0 Å². The number of amides is 1. The van der Waals surface area contributed by atoms with E-state index in [9.17, 15) is 18.0 Å². The molecule has 0 spiro atoms. The van der Waals surface area contributed by atoms with Crippen LogP contribution < -0.4 is 4.74 Å². The van der Waals surface area contributed by atoms with E-state index in [0.29, 0.717) is 18.6 Å². The number of benzene rings is 1. The lowest BCUT2D eigenvalue weighted by Gasteiger charge is -2.33. The van der Waals surface area contributed by atoms with Crippen molar-refractivity contribution in [1.29, 1.82) is 0 Å². The third kappa shape index (κ3) is 5.70. The zero-order valence-electron chi connectivity index (χ0n) is 16.9. The first kappa shape index (κ1) is 22.2. The Morgan fingerprint density at radius 3 is 2.57 bits per heavy atom. The molecule has 7 nitrogen and oxygen atoms in total. The number of rotatable bonds is 8. The molecule has 1 aliphatic rings. The van der Waals surface area contributed by atoms with Gasteiger partial charge in [-0.2, -0.15) is 0 Å². The lowest BCUT2D eigenvalue weighted by molar-refractivity contribution is -0.155. The summed E-state index contributed by atoms with van der Waals surface area (Å²) in [6.07, 6.45) is 1.11. The lowest BCUT2D eigenvalue weighted by atomic mass is 10.1. The van der Waals surface area contributed by atoms with Crippen molar-refractivity contribution in [3.63, 3.8) is 0 Å². The maximum absolute atomic E-state index is 12.6. The van der Waals surface area contributed by atoms with Gasteiger partial charge in [-0.25, -0.2) is 13.2 Å². The van der Waals surface area contributed by atoms with Gasteiger partial charge in [0.05, 0.1) is 11.5 Å². The molecule has 0 unspecified atom stereocenters. The van der Waals surface area contributed by atoms with E-state index in [2.05, 4.69) is 0 Å². The van der Waals surface area contributed by atoms with Crippen molar-refractivity contribution in [3.8, 4) is 5.75 Å². The molecule has 1 aromatic carbocycles. The van der Waals surface area contributed by atoms with E-state index in [1.165, 1.54) is 0 Å². The van der Waals surface area contributed by atoms with Gasteiger partial charge in [0.15, 0.2) is 23.1 Å². The molecule has 0 aliphatic carbocycles. The number of carbonyl (C=O) groups is 2. The highest BCUT2D eigenvalue weighted by Gasteiger charge is 2.36. The van der Waals surface area contributed by atoms with Gasteiger partial charge in [0.25, 0.3) is 5.91 Å². The SMILES string of the molecule is CC[C@H](C)N(C(=O)COC(=O)COc1cccc(C)c1C)[C@@H]1CCS(=O)(=O)C1. The van der Waals surface area contributed by atoms with Crippen molar-refractivity contribution < 1.29 is 27.5 Å². The predicted octanol–water partition coefficient (Wildman–Crippen LogP) is 2.04. The molecule has 0 saturated carbocycles. The molecule has 0 bridgehead atoms. The smallest absolute Gasteiger partial charge is 0.344 e. The van der Waals surface area contributed by atoms with Crippen molar-refractivity contribution in [2.75, 3.05) is 24.7 Å². The molecule has 2 atom stereocenters. The van der Waals surface area contributed by atoms with Gasteiger partial charge in [-0.05, 0) is 50.8 Å². The standard InChI is InChI=1S/C20H29NO6S/c1-5-15(3)21(17-9-10-28(24,25)13-17)19(22)11-27-20(23)12-26-18-8-6-7-14(2)16(18)4/h6-8,15,17H,5,9-13H2,1-4H3/t15-,17+/m0/s1. The summed E-state index contributed by atoms with van der Waals surface area (Å²) in [6.45, 7) is 6.94. The van der Waals surface area contributed by atoms with E-state index < -0.39 is 22.4 Å². The van der Waals surface area contributed by atoms with Crippen LogP contribution in [0.3, 0.4) is 0 Å². The Hall–Kier alpha value is -2.09. The fourth-order valence-corrected chi connectivity index (χ4v) is 4.99. The zero-order chi connectivity index (χ0) is 20.9. The first-order chi connectivity index (χ1) is 13.1. The van der Waals surface area contributed by atoms with Crippen LogP contribution >= 0.6 is 0 Å². The van der Waals surface area contributed by atoms with Crippen LogP contribution in [0.25, 0.3) is 0 Å². The average Bonchev–Trinajstić information content (AvgIpc) is 3.00. The largest absolute Gasteiger partial charge is 0.482 e. The highest BCUT2D eigenvalue weighted by atomic mass is 32.2. The van der Waals surface area contributed by atoms with Crippen molar-refractivity contribution >= 4 is 21.7 Å². The number of sulfone groups is 1. The zero-order valence-corrected chi connectivity index (χ0v) is 17.8. The third-order valence-corrected chi connectivity index (χ3v) is 6.96. The summed E-state index contributed by atoms with van der Waals surface area (Å²) in [5.74, 6) is -0.372. The Bertz CT molecular complexity index is 820. The van der Waals surface area contributed by atoms with Gasteiger partial charge in [-0.15, -0.1) is 0 Å². The monoisotopic (exact) mass is 411 g/mol. The number of aryl methyl sites for hydroxylation is 1. The van der Waals surface area contributed by atoms with E-state index in [1.54, 1.807) is 11.0 Å². The van der Waals surface area contributed by atoms with E-state index in [-0.39, 0.29) is 36.1 Å². The molecule has 1 aromatic rings. The summed E-state index contributed by atoms with van der Waals surface area (Å²) in [5, 5.41) is 0. The van der Waals surface area contributed by atoms with Crippen molar-refractivity contribution in [3.05, 3.63) is 29.3 Å². The summed E-state index contributed by atoms with van der Waals surface area (Å²) < 4.78 is 34.1. The molecule has 8 heteroatoms. The number of nitrogens with zero attached hydrogens (tertiary/aromatic N) is 1. The molecule has 1 aliphatic heterocycles. The van der Waals surface area contributed by atoms with Gasteiger partial charge < -0.3 is 14.4 Å². The van der Waals surface area contributed by atoms with E-state index in [4.69, 9.17) is 9.47 Å². The van der Waals surface area contributed by atoms with Crippen molar-refractivity contribution in [2.24, 2.45) is 0 Å².